The number of hydrogen-bond acceptors (Lipinski definition) is 8. The number of pyridine rings is 1. The average Bonchev–Trinajstić information content (AvgIpc) is 2.50. The maximum absolute atomic E-state index is 11.4. The summed E-state index contributed by atoms with van der Waals surface area (Å²) >= 11 is 0. The van der Waals surface area contributed by atoms with E-state index in [1.807, 2.05) is 0 Å². The van der Waals surface area contributed by atoms with E-state index in [0.29, 0.717) is 5.56 Å². The maximum Gasteiger partial charge on any atom is 0.335 e. The normalized spacial score (nSPS) is 11.0. The molecule has 0 saturated heterocycles. The molecule has 1 aromatic heterocycles. The van der Waals surface area contributed by atoms with Gasteiger partial charge in [-0.15, -0.1) is 0 Å². The van der Waals surface area contributed by atoms with Crippen LogP contribution >= 0.6 is 0 Å². The minimum absolute atomic E-state index is 0.128. The number of carbonyl (C=O) groups excluding carboxylic acids is 2. The fourth-order valence-electron chi connectivity index (χ4n) is 1.55. The lowest BCUT2D eigenvalue weighted by Gasteiger charge is -2.04. The number of aryl methyl sites for hydroxylation is 1. The summed E-state index contributed by atoms with van der Waals surface area (Å²) in [4.78, 5) is 40.9. The standard InChI is InChI=1S/C13H16N4O6/c1-3-22-10(18)4-5-11(19)23-16-13(14)12-8(2)6-9(7-15-12)17(20)21/h6-7H,3-5H2,1-2H3,(H2,14,16). The molecular weight excluding hydrogens is 308 g/mol. The van der Waals surface area contributed by atoms with Crippen molar-refractivity contribution in [3.63, 3.8) is 0 Å². The highest BCUT2D eigenvalue weighted by molar-refractivity contribution is 5.97. The van der Waals surface area contributed by atoms with E-state index in [1.54, 1.807) is 13.8 Å². The first-order valence-corrected chi connectivity index (χ1v) is 6.65. The lowest BCUT2D eigenvalue weighted by molar-refractivity contribution is -0.385. The SMILES string of the molecule is CCOC(=O)CCC(=O)O/N=C(\N)c1ncc([N+](=O)[O-])cc1C. The summed E-state index contributed by atoms with van der Waals surface area (Å²) in [5, 5.41) is 14.0. The van der Waals surface area contributed by atoms with Crippen LogP contribution < -0.4 is 5.73 Å². The number of hydrogen-bond donors (Lipinski definition) is 1. The molecule has 0 saturated carbocycles. The molecule has 2 N–H and O–H groups in total. The fraction of sp³-hybridized carbons (Fsp3) is 0.385. The first kappa shape index (κ1) is 18.0. The van der Waals surface area contributed by atoms with E-state index < -0.39 is 16.9 Å². The number of nitrogens with zero attached hydrogens (tertiary/aromatic N) is 3. The number of carbonyl (C=O) groups is 2. The van der Waals surface area contributed by atoms with E-state index in [9.17, 15) is 19.7 Å². The van der Waals surface area contributed by atoms with Crippen LogP contribution in [-0.4, -0.2) is 34.3 Å². The monoisotopic (exact) mass is 324 g/mol. The van der Waals surface area contributed by atoms with Crippen LogP contribution in [0.25, 0.3) is 0 Å². The summed E-state index contributed by atoms with van der Waals surface area (Å²) in [6.07, 6.45) is 0.687. The Kier molecular flexibility index (Phi) is 6.59. The van der Waals surface area contributed by atoms with Gasteiger partial charge in [0.15, 0.2) is 5.84 Å². The lowest BCUT2D eigenvalue weighted by Crippen LogP contribution is -2.18. The first-order valence-electron chi connectivity index (χ1n) is 6.65. The van der Waals surface area contributed by atoms with Gasteiger partial charge in [0.1, 0.15) is 11.9 Å². The van der Waals surface area contributed by atoms with Gasteiger partial charge in [-0.05, 0) is 19.4 Å². The number of ether oxygens (including phenoxy) is 1. The summed E-state index contributed by atoms with van der Waals surface area (Å²) in [6.45, 7) is 3.44. The number of oxime groups is 1. The molecule has 124 valence electrons. The topological polar surface area (TPSA) is 147 Å². The predicted molar refractivity (Wildman–Crippen MR) is 78.3 cm³/mol. The van der Waals surface area contributed by atoms with Crippen molar-refractivity contribution in [1.82, 2.24) is 4.98 Å². The molecule has 0 radical (unpaired) electrons. The van der Waals surface area contributed by atoms with Crippen molar-refractivity contribution in [3.8, 4) is 0 Å². The number of rotatable bonds is 7. The van der Waals surface area contributed by atoms with E-state index in [-0.39, 0.29) is 36.7 Å². The molecule has 1 heterocycles. The number of nitrogens with two attached hydrogens (primary N) is 1. The molecule has 1 aromatic rings. The molecule has 0 amide bonds. The molecule has 0 unspecified atom stereocenters. The molecular formula is C13H16N4O6. The van der Waals surface area contributed by atoms with E-state index in [2.05, 4.69) is 19.7 Å². The minimum atomic E-state index is -0.763. The second kappa shape index (κ2) is 8.41. The first-order chi connectivity index (χ1) is 10.8. The Labute approximate surface area is 131 Å². The van der Waals surface area contributed by atoms with Crippen LogP contribution in [0, 0.1) is 17.0 Å². The predicted octanol–water partition coefficient (Wildman–Crippen LogP) is 0.805. The summed E-state index contributed by atoms with van der Waals surface area (Å²) < 4.78 is 4.66. The Hall–Kier alpha value is -3.04. The molecule has 10 nitrogen and oxygen atoms in total. The fourth-order valence-corrected chi connectivity index (χ4v) is 1.55. The highest BCUT2D eigenvalue weighted by Gasteiger charge is 2.13. The van der Waals surface area contributed by atoms with E-state index in [0.717, 1.165) is 6.20 Å². The number of aromatic nitrogens is 1. The second-order valence-corrected chi connectivity index (χ2v) is 4.36. The largest absolute Gasteiger partial charge is 0.466 e. The molecule has 0 fully saturated rings. The third-order valence-corrected chi connectivity index (χ3v) is 2.60. The maximum atomic E-state index is 11.4. The van der Waals surface area contributed by atoms with Crippen LogP contribution in [-0.2, 0) is 19.2 Å². The van der Waals surface area contributed by atoms with Gasteiger partial charge in [0.25, 0.3) is 5.69 Å². The van der Waals surface area contributed by atoms with Crippen LogP contribution in [0.1, 0.15) is 31.0 Å². The van der Waals surface area contributed by atoms with Gasteiger partial charge in [-0.2, -0.15) is 0 Å². The van der Waals surface area contributed by atoms with Gasteiger partial charge < -0.3 is 15.3 Å². The van der Waals surface area contributed by atoms with Crippen LogP contribution in [0.4, 0.5) is 5.69 Å². The van der Waals surface area contributed by atoms with Gasteiger partial charge >= 0.3 is 11.9 Å². The Bertz CT molecular complexity index is 643. The summed E-state index contributed by atoms with van der Waals surface area (Å²) in [7, 11) is 0. The molecule has 0 aliphatic heterocycles. The Balaban J connectivity index is 2.65. The molecule has 0 spiro atoms. The Morgan fingerprint density at radius 3 is 2.61 bits per heavy atom. The van der Waals surface area contributed by atoms with Crippen molar-refractivity contribution in [1.29, 1.82) is 0 Å². The van der Waals surface area contributed by atoms with Crippen LogP contribution in [0.5, 0.6) is 0 Å². The van der Waals surface area contributed by atoms with E-state index >= 15 is 0 Å². The zero-order valence-corrected chi connectivity index (χ0v) is 12.6. The van der Waals surface area contributed by atoms with Crippen LogP contribution in [0.15, 0.2) is 17.4 Å². The number of nitro groups is 1. The molecule has 23 heavy (non-hydrogen) atoms. The zero-order chi connectivity index (χ0) is 17.4. The van der Waals surface area contributed by atoms with Gasteiger partial charge in [-0.1, -0.05) is 5.16 Å². The van der Waals surface area contributed by atoms with Crippen molar-refractivity contribution in [2.75, 3.05) is 6.61 Å². The summed E-state index contributed by atoms with van der Waals surface area (Å²) in [5.74, 6) is -1.49. The highest BCUT2D eigenvalue weighted by Crippen LogP contribution is 2.14. The van der Waals surface area contributed by atoms with Gasteiger partial charge in [-0.3, -0.25) is 14.9 Å². The molecule has 1 rings (SSSR count). The van der Waals surface area contributed by atoms with E-state index in [4.69, 9.17) is 5.73 Å². The summed E-state index contributed by atoms with van der Waals surface area (Å²) in [5.41, 5.74) is 6.00. The minimum Gasteiger partial charge on any atom is -0.466 e. The number of esters is 1. The van der Waals surface area contributed by atoms with E-state index in [1.165, 1.54) is 6.07 Å². The van der Waals surface area contributed by atoms with Crippen LogP contribution in [0.3, 0.4) is 0 Å². The van der Waals surface area contributed by atoms with Crippen molar-refractivity contribution in [2.45, 2.75) is 26.7 Å². The van der Waals surface area contributed by atoms with Gasteiger partial charge in [0, 0.05) is 6.07 Å². The second-order valence-electron chi connectivity index (χ2n) is 4.36. The summed E-state index contributed by atoms with van der Waals surface area (Å²) in [6, 6.07) is 1.27. The molecule has 0 aliphatic rings. The van der Waals surface area contributed by atoms with Crippen molar-refractivity contribution < 1.29 is 24.1 Å². The van der Waals surface area contributed by atoms with Crippen molar-refractivity contribution >= 4 is 23.5 Å². The quantitative estimate of drug-likeness (QED) is 0.193. The third-order valence-electron chi connectivity index (χ3n) is 2.60. The van der Waals surface area contributed by atoms with Gasteiger partial charge in [-0.25, -0.2) is 9.78 Å². The molecule has 0 aliphatic carbocycles. The Morgan fingerprint density at radius 2 is 2.04 bits per heavy atom. The van der Waals surface area contributed by atoms with Gasteiger partial charge in [0.2, 0.25) is 0 Å². The molecule has 10 heteroatoms. The smallest absolute Gasteiger partial charge is 0.335 e. The molecule has 0 aromatic carbocycles. The van der Waals surface area contributed by atoms with Crippen molar-refractivity contribution in [2.24, 2.45) is 10.9 Å². The molecule has 0 atom stereocenters. The molecule has 0 bridgehead atoms. The van der Waals surface area contributed by atoms with Gasteiger partial charge in [0.05, 0.1) is 24.4 Å². The lowest BCUT2D eigenvalue weighted by atomic mass is 10.2. The van der Waals surface area contributed by atoms with Crippen molar-refractivity contribution in [3.05, 3.63) is 33.6 Å². The zero-order valence-electron chi connectivity index (χ0n) is 12.6. The number of amidine groups is 1. The highest BCUT2D eigenvalue weighted by atomic mass is 16.7. The Morgan fingerprint density at radius 1 is 1.39 bits per heavy atom. The third kappa shape index (κ3) is 5.69. The van der Waals surface area contributed by atoms with Crippen LogP contribution in [0.2, 0.25) is 0 Å². The average molecular weight is 324 g/mol.